The monoisotopic (exact) mass is 396 g/mol. The summed E-state index contributed by atoms with van der Waals surface area (Å²) in [4.78, 5) is 33.6. The minimum atomic E-state index is -0.774. The zero-order valence-corrected chi connectivity index (χ0v) is 16.7. The predicted octanol–water partition coefficient (Wildman–Crippen LogP) is 2.81. The number of halogens is 1. The van der Waals surface area contributed by atoms with Gasteiger partial charge in [0.25, 0.3) is 5.91 Å². The van der Waals surface area contributed by atoms with E-state index in [0.717, 1.165) is 49.9 Å². The first kappa shape index (κ1) is 19.5. The first-order valence-corrected chi connectivity index (χ1v) is 9.96. The number of likely N-dealkylation sites (tertiary alicyclic amines) is 1. The molecule has 1 fully saturated rings. The number of nitrogens with zero attached hydrogens (tertiary/aromatic N) is 3. The minimum absolute atomic E-state index is 0.0256. The van der Waals surface area contributed by atoms with Crippen molar-refractivity contribution in [2.24, 2.45) is 5.73 Å². The second-order valence-corrected chi connectivity index (χ2v) is 7.95. The highest BCUT2D eigenvalue weighted by Crippen LogP contribution is 2.39. The van der Waals surface area contributed by atoms with E-state index >= 15 is 0 Å². The Bertz CT molecular complexity index is 969. The smallest absolute Gasteiger partial charge is 0.255 e. The van der Waals surface area contributed by atoms with E-state index in [1.807, 2.05) is 32.0 Å². The van der Waals surface area contributed by atoms with Gasteiger partial charge in [-0.05, 0) is 56.5 Å². The number of piperidine rings is 1. The third kappa shape index (κ3) is 3.62. The number of aryl methyl sites for hydroxylation is 1. The molecule has 2 aromatic rings. The first-order chi connectivity index (χ1) is 13.8. The van der Waals surface area contributed by atoms with Gasteiger partial charge in [0, 0.05) is 31.4 Å². The molecule has 29 heavy (non-hydrogen) atoms. The van der Waals surface area contributed by atoms with Crippen LogP contribution in [0.25, 0.3) is 0 Å². The van der Waals surface area contributed by atoms with Crippen molar-refractivity contribution < 1.29 is 14.0 Å². The summed E-state index contributed by atoms with van der Waals surface area (Å²) in [5.74, 6) is -1.54. The number of amides is 2. The molecule has 1 atom stereocenters. The van der Waals surface area contributed by atoms with Crippen LogP contribution in [0.5, 0.6) is 0 Å². The van der Waals surface area contributed by atoms with Crippen molar-refractivity contribution in [1.82, 2.24) is 14.8 Å². The lowest BCUT2D eigenvalue weighted by molar-refractivity contribution is 0.0509. The highest BCUT2D eigenvalue weighted by atomic mass is 19.1. The Labute approximate surface area is 169 Å². The summed E-state index contributed by atoms with van der Waals surface area (Å²) in [6.07, 6.45) is 1.65. The molecule has 2 aliphatic rings. The number of fused-ring (bicyclic) bond motifs is 1. The van der Waals surface area contributed by atoms with Gasteiger partial charge in [-0.15, -0.1) is 0 Å². The van der Waals surface area contributed by atoms with Crippen LogP contribution in [0, 0.1) is 12.7 Å². The Morgan fingerprint density at radius 1 is 1.28 bits per heavy atom. The van der Waals surface area contributed by atoms with E-state index in [0.29, 0.717) is 5.56 Å². The molecule has 2 amide bonds. The SMILES string of the molecule is Cc1cccc(CN2CCC(N3C(=O)c4c(C(N)=O)cc(F)cc4C3C)CC2)n1. The molecular weight excluding hydrogens is 371 g/mol. The van der Waals surface area contributed by atoms with E-state index in [2.05, 4.69) is 9.88 Å². The van der Waals surface area contributed by atoms with Gasteiger partial charge in [-0.25, -0.2) is 4.39 Å². The van der Waals surface area contributed by atoms with Crippen molar-refractivity contribution in [3.8, 4) is 0 Å². The third-order valence-electron chi connectivity index (χ3n) is 6.00. The van der Waals surface area contributed by atoms with E-state index in [-0.39, 0.29) is 29.1 Å². The number of carbonyl (C=O) groups excluding carboxylic acids is 2. The number of hydrogen-bond donors (Lipinski definition) is 1. The molecule has 0 aliphatic carbocycles. The molecule has 0 radical (unpaired) electrons. The van der Waals surface area contributed by atoms with Gasteiger partial charge < -0.3 is 10.6 Å². The van der Waals surface area contributed by atoms with Crippen LogP contribution in [0.4, 0.5) is 4.39 Å². The number of benzene rings is 1. The van der Waals surface area contributed by atoms with Gasteiger partial charge in [-0.1, -0.05) is 6.07 Å². The van der Waals surface area contributed by atoms with E-state index in [1.54, 1.807) is 4.90 Å². The third-order valence-corrected chi connectivity index (χ3v) is 6.00. The van der Waals surface area contributed by atoms with Crippen LogP contribution in [0.2, 0.25) is 0 Å². The average Bonchev–Trinajstić information content (AvgIpc) is 2.92. The Balaban J connectivity index is 1.48. The molecule has 1 aromatic heterocycles. The van der Waals surface area contributed by atoms with E-state index in [1.165, 1.54) is 6.07 Å². The van der Waals surface area contributed by atoms with Crippen LogP contribution < -0.4 is 5.73 Å². The van der Waals surface area contributed by atoms with Gasteiger partial charge >= 0.3 is 0 Å². The lowest BCUT2D eigenvalue weighted by atomic mass is 9.99. The molecule has 2 N–H and O–H groups in total. The molecule has 2 aliphatic heterocycles. The van der Waals surface area contributed by atoms with Crippen LogP contribution >= 0.6 is 0 Å². The average molecular weight is 396 g/mol. The summed E-state index contributed by atoms with van der Waals surface area (Å²) in [6, 6.07) is 8.22. The maximum atomic E-state index is 14.0. The summed E-state index contributed by atoms with van der Waals surface area (Å²) >= 11 is 0. The number of rotatable bonds is 4. The normalized spacial score (nSPS) is 20.2. The van der Waals surface area contributed by atoms with Crippen LogP contribution in [-0.2, 0) is 6.54 Å². The van der Waals surface area contributed by atoms with Crippen LogP contribution in [0.15, 0.2) is 30.3 Å². The standard InChI is InChI=1S/C22H25FN4O2/c1-13-4-3-5-16(25-13)12-26-8-6-17(7-9-26)27-14(2)18-10-15(23)11-19(21(24)28)20(18)22(27)29/h3-5,10-11,14,17H,6-9,12H2,1-2H3,(H2,24,28). The zero-order chi connectivity index (χ0) is 20.7. The summed E-state index contributed by atoms with van der Waals surface area (Å²) < 4.78 is 14.0. The van der Waals surface area contributed by atoms with Gasteiger partial charge in [0.1, 0.15) is 5.82 Å². The summed E-state index contributed by atoms with van der Waals surface area (Å²) in [7, 11) is 0. The molecule has 0 spiro atoms. The molecule has 3 heterocycles. The number of aromatic nitrogens is 1. The molecule has 152 valence electrons. The minimum Gasteiger partial charge on any atom is -0.366 e. The van der Waals surface area contributed by atoms with E-state index in [4.69, 9.17) is 5.73 Å². The number of nitrogens with two attached hydrogens (primary N) is 1. The second kappa shape index (κ2) is 7.55. The van der Waals surface area contributed by atoms with Gasteiger partial charge in [0.05, 0.1) is 22.9 Å². The van der Waals surface area contributed by atoms with Gasteiger partial charge in [-0.3, -0.25) is 19.5 Å². The maximum Gasteiger partial charge on any atom is 0.255 e. The highest BCUT2D eigenvalue weighted by molar-refractivity contribution is 6.09. The van der Waals surface area contributed by atoms with E-state index in [9.17, 15) is 14.0 Å². The Morgan fingerprint density at radius 2 is 2.00 bits per heavy atom. The molecule has 1 unspecified atom stereocenters. The first-order valence-electron chi connectivity index (χ1n) is 9.96. The van der Waals surface area contributed by atoms with Gasteiger partial charge in [-0.2, -0.15) is 0 Å². The maximum absolute atomic E-state index is 14.0. The van der Waals surface area contributed by atoms with E-state index < -0.39 is 11.7 Å². The Hall–Kier alpha value is -2.80. The van der Waals surface area contributed by atoms with Crippen LogP contribution in [-0.4, -0.2) is 45.7 Å². The lowest BCUT2D eigenvalue weighted by Gasteiger charge is -2.38. The largest absolute Gasteiger partial charge is 0.366 e. The van der Waals surface area contributed by atoms with Gasteiger partial charge in [0.15, 0.2) is 0 Å². The molecule has 6 nitrogen and oxygen atoms in total. The van der Waals surface area contributed by atoms with Crippen LogP contribution in [0.1, 0.15) is 63.5 Å². The van der Waals surface area contributed by atoms with Crippen molar-refractivity contribution in [2.45, 2.75) is 45.3 Å². The van der Waals surface area contributed by atoms with Crippen molar-refractivity contribution in [2.75, 3.05) is 13.1 Å². The fourth-order valence-corrected chi connectivity index (χ4v) is 4.60. The van der Waals surface area contributed by atoms with Gasteiger partial charge in [0.2, 0.25) is 5.91 Å². The topological polar surface area (TPSA) is 79.5 Å². The molecular formula is C22H25FN4O2. The Kier molecular flexibility index (Phi) is 5.08. The summed E-state index contributed by atoms with van der Waals surface area (Å²) in [5, 5.41) is 0. The van der Waals surface area contributed by atoms with Crippen molar-refractivity contribution in [1.29, 1.82) is 0 Å². The molecule has 7 heteroatoms. The van der Waals surface area contributed by atoms with Crippen molar-refractivity contribution in [3.63, 3.8) is 0 Å². The molecule has 0 bridgehead atoms. The van der Waals surface area contributed by atoms with Crippen molar-refractivity contribution >= 4 is 11.8 Å². The molecule has 0 saturated carbocycles. The summed E-state index contributed by atoms with van der Waals surface area (Å²) in [6.45, 7) is 6.36. The predicted molar refractivity (Wildman–Crippen MR) is 107 cm³/mol. The highest BCUT2D eigenvalue weighted by Gasteiger charge is 2.41. The molecule has 4 rings (SSSR count). The quantitative estimate of drug-likeness (QED) is 0.862. The number of carbonyl (C=O) groups is 2. The van der Waals surface area contributed by atoms with Crippen LogP contribution in [0.3, 0.4) is 0 Å². The number of primary amides is 1. The molecule has 1 aromatic carbocycles. The fraction of sp³-hybridized carbons (Fsp3) is 0.409. The lowest BCUT2D eigenvalue weighted by Crippen LogP contribution is -2.45. The zero-order valence-electron chi connectivity index (χ0n) is 16.7. The summed E-state index contributed by atoms with van der Waals surface area (Å²) in [5.41, 5.74) is 8.24. The fourth-order valence-electron chi connectivity index (χ4n) is 4.60. The number of pyridine rings is 1. The Morgan fingerprint density at radius 3 is 2.66 bits per heavy atom. The second-order valence-electron chi connectivity index (χ2n) is 7.95. The molecule has 1 saturated heterocycles. The number of hydrogen-bond acceptors (Lipinski definition) is 4. The van der Waals surface area contributed by atoms with Crippen molar-refractivity contribution in [3.05, 3.63) is 64.2 Å².